The van der Waals surface area contributed by atoms with Gasteiger partial charge in [0.05, 0.1) is 12.3 Å². The number of ether oxygens (including phenoxy) is 1. The van der Waals surface area contributed by atoms with Crippen LogP contribution in [-0.4, -0.2) is 26.5 Å². The van der Waals surface area contributed by atoms with Gasteiger partial charge in [-0.25, -0.2) is 9.69 Å². The van der Waals surface area contributed by atoms with Crippen LogP contribution in [0.15, 0.2) is 47.6 Å². The molecule has 2 aliphatic rings. The number of amides is 1. The Kier molecular flexibility index (Phi) is 5.45. The van der Waals surface area contributed by atoms with Gasteiger partial charge in [-0.2, -0.15) is 0 Å². The molecule has 0 saturated heterocycles. The Morgan fingerprint density at radius 1 is 1.03 bits per heavy atom. The molecule has 32 heavy (non-hydrogen) atoms. The van der Waals surface area contributed by atoms with Crippen LogP contribution >= 0.6 is 11.8 Å². The first-order valence-electron chi connectivity index (χ1n) is 11.1. The maximum Gasteiger partial charge on any atom is 0.252 e. The van der Waals surface area contributed by atoms with Crippen LogP contribution in [0.5, 0.6) is 5.75 Å². The molecule has 2 heterocycles. The summed E-state index contributed by atoms with van der Waals surface area (Å²) in [4.78, 5) is 12.8. The summed E-state index contributed by atoms with van der Waals surface area (Å²) >= 11 is 1.42. The van der Waals surface area contributed by atoms with Gasteiger partial charge in [-0.15, -0.1) is 10.2 Å². The molecule has 7 heteroatoms. The Morgan fingerprint density at radius 3 is 2.59 bits per heavy atom. The van der Waals surface area contributed by atoms with E-state index < -0.39 is 0 Å². The van der Waals surface area contributed by atoms with Gasteiger partial charge in [-0.1, -0.05) is 62.9 Å². The molecule has 0 atom stereocenters. The van der Waals surface area contributed by atoms with Crippen molar-refractivity contribution in [2.75, 3.05) is 10.8 Å². The minimum Gasteiger partial charge on any atom is -0.486 e. The lowest BCUT2D eigenvalue weighted by atomic mass is 9.87. The third-order valence-corrected chi connectivity index (χ3v) is 7.02. The third kappa shape index (κ3) is 4.13. The molecule has 1 aliphatic heterocycles. The van der Waals surface area contributed by atoms with Gasteiger partial charge in [-0.3, -0.25) is 4.79 Å². The van der Waals surface area contributed by atoms with Crippen molar-refractivity contribution in [2.24, 2.45) is 0 Å². The van der Waals surface area contributed by atoms with Crippen molar-refractivity contribution < 1.29 is 9.53 Å². The number of aryl methyl sites for hydroxylation is 2. The normalized spacial score (nSPS) is 15.6. The summed E-state index contributed by atoms with van der Waals surface area (Å²) in [5.41, 5.74) is 5.23. The van der Waals surface area contributed by atoms with Crippen LogP contribution in [0.2, 0.25) is 0 Å². The standard InChI is InChI=1S/C25H28N4O2S/c1-25(2,3)20-10-7-17(8-11-20)14-28-23(30)16-32-24-27-26-22(29(24)28)15-31-21-12-9-18-5-4-6-19(18)13-21/h7-13H,4-6,14-16H2,1-3H3. The van der Waals surface area contributed by atoms with E-state index in [9.17, 15) is 4.79 Å². The van der Waals surface area contributed by atoms with Crippen LogP contribution in [0.25, 0.3) is 0 Å². The van der Waals surface area contributed by atoms with Gasteiger partial charge >= 0.3 is 0 Å². The van der Waals surface area contributed by atoms with E-state index in [2.05, 4.69) is 67.4 Å². The number of hydrogen-bond donors (Lipinski definition) is 0. The fraction of sp³-hybridized carbons (Fsp3) is 0.400. The summed E-state index contributed by atoms with van der Waals surface area (Å²) in [6.07, 6.45) is 3.47. The molecule has 166 valence electrons. The second-order valence-electron chi connectivity index (χ2n) is 9.47. The molecule has 3 aromatic rings. The van der Waals surface area contributed by atoms with E-state index in [0.29, 0.717) is 18.1 Å². The lowest BCUT2D eigenvalue weighted by molar-refractivity contribution is -0.118. The summed E-state index contributed by atoms with van der Waals surface area (Å²) in [6, 6.07) is 14.8. The van der Waals surface area contributed by atoms with Gasteiger partial charge in [0.2, 0.25) is 5.16 Å². The summed E-state index contributed by atoms with van der Waals surface area (Å²) in [7, 11) is 0. The Balaban J connectivity index is 1.35. The van der Waals surface area contributed by atoms with Crippen LogP contribution in [-0.2, 0) is 36.2 Å². The maximum absolute atomic E-state index is 12.8. The quantitative estimate of drug-likeness (QED) is 0.579. The minimum atomic E-state index is 0.0426. The van der Waals surface area contributed by atoms with Crippen LogP contribution < -0.4 is 9.75 Å². The second-order valence-corrected chi connectivity index (χ2v) is 10.4. The second kappa shape index (κ2) is 8.28. The number of hydrogen-bond acceptors (Lipinski definition) is 5. The van der Waals surface area contributed by atoms with Gasteiger partial charge in [0, 0.05) is 0 Å². The highest BCUT2D eigenvalue weighted by Crippen LogP contribution is 2.28. The first-order valence-corrected chi connectivity index (χ1v) is 12.1. The monoisotopic (exact) mass is 448 g/mol. The molecule has 0 fully saturated rings. The Bertz CT molecular complexity index is 1150. The van der Waals surface area contributed by atoms with Crippen LogP contribution in [0.3, 0.4) is 0 Å². The SMILES string of the molecule is CC(C)(C)c1ccc(CN2C(=O)CSc3nnc(COc4ccc5c(c4)CCC5)n32)cc1. The first-order chi connectivity index (χ1) is 15.4. The highest BCUT2D eigenvalue weighted by atomic mass is 32.2. The van der Waals surface area contributed by atoms with Gasteiger partial charge in [0.15, 0.2) is 5.82 Å². The number of carbonyl (C=O) groups is 1. The summed E-state index contributed by atoms with van der Waals surface area (Å²) in [6.45, 7) is 7.33. The van der Waals surface area contributed by atoms with E-state index in [0.717, 1.165) is 29.3 Å². The number of benzene rings is 2. The molecule has 6 nitrogen and oxygen atoms in total. The Labute approximate surface area is 193 Å². The van der Waals surface area contributed by atoms with E-state index in [1.807, 2.05) is 10.7 Å². The third-order valence-electron chi connectivity index (χ3n) is 6.12. The zero-order valence-corrected chi connectivity index (χ0v) is 19.6. The maximum atomic E-state index is 12.8. The van der Waals surface area contributed by atoms with E-state index in [-0.39, 0.29) is 17.9 Å². The van der Waals surface area contributed by atoms with Gasteiger partial charge in [-0.05, 0) is 59.1 Å². The average Bonchev–Trinajstić information content (AvgIpc) is 3.40. The van der Waals surface area contributed by atoms with Crippen molar-refractivity contribution in [1.82, 2.24) is 14.9 Å². The molecule has 0 bridgehead atoms. The lowest BCUT2D eigenvalue weighted by Gasteiger charge is -2.29. The number of nitrogens with zero attached hydrogens (tertiary/aromatic N) is 4. The molecule has 5 rings (SSSR count). The number of carbonyl (C=O) groups excluding carboxylic acids is 1. The van der Waals surface area contributed by atoms with Crippen molar-refractivity contribution in [3.63, 3.8) is 0 Å². The topological polar surface area (TPSA) is 60.3 Å². The molecule has 1 aromatic heterocycles. The Morgan fingerprint density at radius 2 is 1.81 bits per heavy atom. The average molecular weight is 449 g/mol. The molecule has 2 aromatic carbocycles. The highest BCUT2D eigenvalue weighted by Gasteiger charge is 2.29. The molecule has 0 saturated carbocycles. The van der Waals surface area contributed by atoms with Crippen LogP contribution in [0.1, 0.15) is 55.3 Å². The summed E-state index contributed by atoms with van der Waals surface area (Å²) in [5.74, 6) is 1.87. The van der Waals surface area contributed by atoms with E-state index in [4.69, 9.17) is 4.74 Å². The lowest BCUT2D eigenvalue weighted by Crippen LogP contribution is -2.45. The molecule has 0 spiro atoms. The number of aromatic nitrogens is 3. The van der Waals surface area contributed by atoms with Crippen LogP contribution in [0, 0.1) is 0 Å². The van der Waals surface area contributed by atoms with Crippen molar-refractivity contribution >= 4 is 17.7 Å². The van der Waals surface area contributed by atoms with Crippen molar-refractivity contribution in [1.29, 1.82) is 0 Å². The van der Waals surface area contributed by atoms with E-state index in [1.165, 1.54) is 34.9 Å². The molecule has 1 amide bonds. The van der Waals surface area contributed by atoms with E-state index >= 15 is 0 Å². The van der Waals surface area contributed by atoms with Crippen molar-refractivity contribution in [3.8, 4) is 5.75 Å². The van der Waals surface area contributed by atoms with Gasteiger partial charge < -0.3 is 4.74 Å². The largest absolute Gasteiger partial charge is 0.486 e. The fourth-order valence-corrected chi connectivity index (χ4v) is 5.08. The molecule has 0 unspecified atom stereocenters. The highest BCUT2D eigenvalue weighted by molar-refractivity contribution is 7.99. The van der Waals surface area contributed by atoms with Gasteiger partial charge in [0.1, 0.15) is 12.4 Å². The predicted molar refractivity (Wildman–Crippen MR) is 126 cm³/mol. The number of fused-ring (bicyclic) bond motifs is 2. The molecular formula is C25H28N4O2S. The first kappa shape index (κ1) is 21.1. The fourth-order valence-electron chi connectivity index (χ4n) is 4.26. The molecule has 1 aliphatic carbocycles. The zero-order chi connectivity index (χ0) is 22.3. The smallest absolute Gasteiger partial charge is 0.252 e. The predicted octanol–water partition coefficient (Wildman–Crippen LogP) is 4.41. The number of thioether (sulfide) groups is 1. The van der Waals surface area contributed by atoms with Crippen LogP contribution in [0.4, 0.5) is 0 Å². The zero-order valence-electron chi connectivity index (χ0n) is 18.8. The minimum absolute atomic E-state index is 0.0426. The molecule has 0 radical (unpaired) electrons. The van der Waals surface area contributed by atoms with Gasteiger partial charge in [0.25, 0.3) is 5.91 Å². The van der Waals surface area contributed by atoms with Crippen molar-refractivity contribution in [2.45, 2.75) is 63.8 Å². The summed E-state index contributed by atoms with van der Waals surface area (Å²) < 4.78 is 7.88. The Hall–Kier alpha value is -2.80. The summed E-state index contributed by atoms with van der Waals surface area (Å²) in [5, 5.41) is 11.1. The molecule has 0 N–H and O–H groups in total. The van der Waals surface area contributed by atoms with Crippen molar-refractivity contribution in [3.05, 3.63) is 70.5 Å². The van der Waals surface area contributed by atoms with E-state index in [1.54, 1.807) is 5.01 Å². The number of rotatable bonds is 5. The molecular weight excluding hydrogens is 420 g/mol.